The second-order valence-corrected chi connectivity index (χ2v) is 8.32. The molecule has 3 aromatic rings. The van der Waals surface area contributed by atoms with Crippen LogP contribution in [-0.2, 0) is 0 Å². The molecule has 3 rings (SSSR count). The van der Waals surface area contributed by atoms with Crippen LogP contribution < -0.4 is 15.9 Å². The SMILES string of the molecule is S=Cc1ccc(P(c2ccc(C=S)cc2)c2ccccc2C=S)cc1. The van der Waals surface area contributed by atoms with Crippen molar-refractivity contribution in [3.8, 4) is 0 Å². The zero-order valence-electron chi connectivity index (χ0n) is 13.3. The molecule has 122 valence electrons. The van der Waals surface area contributed by atoms with Crippen LogP contribution in [0.1, 0.15) is 16.7 Å². The monoisotopic (exact) mass is 394 g/mol. The van der Waals surface area contributed by atoms with Gasteiger partial charge in [-0.15, -0.1) is 0 Å². The third-order valence-corrected chi connectivity index (χ3v) is 7.20. The summed E-state index contributed by atoms with van der Waals surface area (Å²) in [7, 11) is -0.701. The molecule has 0 bridgehead atoms. The maximum Gasteiger partial charge on any atom is 0.00927 e. The van der Waals surface area contributed by atoms with Gasteiger partial charge in [-0.2, -0.15) is 0 Å². The van der Waals surface area contributed by atoms with Gasteiger partial charge in [-0.25, -0.2) is 0 Å². The van der Waals surface area contributed by atoms with Gasteiger partial charge in [-0.1, -0.05) is 109 Å². The molecule has 0 aliphatic rings. The number of hydrogen-bond donors (Lipinski definition) is 0. The molecule has 0 amide bonds. The molecule has 0 aromatic heterocycles. The van der Waals surface area contributed by atoms with Crippen LogP contribution in [0.15, 0.2) is 72.8 Å². The highest BCUT2D eigenvalue weighted by atomic mass is 32.1. The van der Waals surface area contributed by atoms with Crippen molar-refractivity contribution in [3.63, 3.8) is 0 Å². The van der Waals surface area contributed by atoms with Crippen molar-refractivity contribution in [2.24, 2.45) is 0 Å². The molecule has 0 saturated carbocycles. The van der Waals surface area contributed by atoms with Crippen molar-refractivity contribution < 1.29 is 0 Å². The molecule has 0 heterocycles. The minimum Gasteiger partial charge on any atom is -0.0881 e. The van der Waals surface area contributed by atoms with Gasteiger partial charge in [-0.3, -0.25) is 0 Å². The van der Waals surface area contributed by atoms with Gasteiger partial charge in [0.05, 0.1) is 0 Å². The highest BCUT2D eigenvalue weighted by Crippen LogP contribution is 2.34. The predicted octanol–water partition coefficient (Wildman–Crippen LogP) is 4.49. The summed E-state index contributed by atoms with van der Waals surface area (Å²) in [5.74, 6) is 0. The first-order valence-electron chi connectivity index (χ1n) is 7.71. The minimum atomic E-state index is -0.701. The fourth-order valence-electron chi connectivity index (χ4n) is 2.62. The summed E-state index contributed by atoms with van der Waals surface area (Å²) >= 11 is 15.3. The molecule has 0 radical (unpaired) electrons. The maximum atomic E-state index is 5.25. The molecule has 0 aliphatic heterocycles. The fraction of sp³-hybridized carbons (Fsp3) is 0. The van der Waals surface area contributed by atoms with E-state index in [1.165, 1.54) is 15.9 Å². The van der Waals surface area contributed by atoms with Crippen molar-refractivity contribution in [3.05, 3.63) is 89.5 Å². The van der Waals surface area contributed by atoms with Gasteiger partial charge in [0.25, 0.3) is 0 Å². The van der Waals surface area contributed by atoms with Crippen LogP contribution in [-0.4, -0.2) is 16.1 Å². The van der Waals surface area contributed by atoms with E-state index in [0.717, 1.165) is 16.7 Å². The lowest BCUT2D eigenvalue weighted by Gasteiger charge is -2.21. The Labute approximate surface area is 165 Å². The number of rotatable bonds is 6. The Morgan fingerprint density at radius 2 is 1.04 bits per heavy atom. The summed E-state index contributed by atoms with van der Waals surface area (Å²) in [5, 5.41) is 8.97. The summed E-state index contributed by atoms with van der Waals surface area (Å²) in [6.45, 7) is 0. The van der Waals surface area contributed by atoms with Gasteiger partial charge in [0.1, 0.15) is 0 Å². The molecule has 25 heavy (non-hydrogen) atoms. The number of hydrogen-bond acceptors (Lipinski definition) is 3. The molecule has 3 aromatic carbocycles. The van der Waals surface area contributed by atoms with Crippen molar-refractivity contribution >= 4 is 76.6 Å². The summed E-state index contributed by atoms with van der Waals surface area (Å²) < 4.78 is 0. The second-order valence-electron chi connectivity index (χ2n) is 5.43. The van der Waals surface area contributed by atoms with Crippen LogP contribution in [0.5, 0.6) is 0 Å². The van der Waals surface area contributed by atoms with Gasteiger partial charge >= 0.3 is 0 Å². The molecule has 0 saturated heterocycles. The van der Waals surface area contributed by atoms with Crippen LogP contribution in [0.25, 0.3) is 0 Å². The van der Waals surface area contributed by atoms with Crippen molar-refractivity contribution in [2.75, 3.05) is 0 Å². The Hall–Kier alpha value is -1.64. The third kappa shape index (κ3) is 4.13. The molecular formula is C21H15PS3. The van der Waals surface area contributed by atoms with Crippen molar-refractivity contribution in [1.82, 2.24) is 0 Å². The summed E-state index contributed by atoms with van der Waals surface area (Å²) in [6.07, 6.45) is 0. The lowest BCUT2D eigenvalue weighted by molar-refractivity contribution is 1.71. The maximum absolute atomic E-state index is 5.25. The van der Waals surface area contributed by atoms with E-state index in [0.29, 0.717) is 0 Å². The molecular weight excluding hydrogens is 379 g/mol. The summed E-state index contributed by atoms with van der Waals surface area (Å²) in [6, 6.07) is 25.3. The van der Waals surface area contributed by atoms with Gasteiger partial charge in [0.15, 0.2) is 0 Å². The first kappa shape index (κ1) is 18.2. The van der Waals surface area contributed by atoms with Crippen LogP contribution in [0.2, 0.25) is 0 Å². The van der Waals surface area contributed by atoms with Crippen molar-refractivity contribution in [1.29, 1.82) is 0 Å². The summed E-state index contributed by atoms with van der Waals surface area (Å²) in [5.41, 5.74) is 3.20. The van der Waals surface area contributed by atoms with Crippen LogP contribution in [0.3, 0.4) is 0 Å². The van der Waals surface area contributed by atoms with Gasteiger partial charge < -0.3 is 0 Å². The number of benzene rings is 3. The Morgan fingerprint density at radius 1 is 0.560 bits per heavy atom. The van der Waals surface area contributed by atoms with Gasteiger partial charge in [-0.05, 0) is 40.5 Å². The van der Waals surface area contributed by atoms with E-state index in [1.807, 2.05) is 6.07 Å². The van der Waals surface area contributed by atoms with E-state index in [-0.39, 0.29) is 0 Å². The summed E-state index contributed by atoms with van der Waals surface area (Å²) in [4.78, 5) is 0. The molecule has 0 nitrogen and oxygen atoms in total. The van der Waals surface area contributed by atoms with Gasteiger partial charge in [0, 0.05) is 16.1 Å². The Morgan fingerprint density at radius 3 is 1.48 bits per heavy atom. The van der Waals surface area contributed by atoms with E-state index >= 15 is 0 Å². The quantitative estimate of drug-likeness (QED) is 0.447. The fourth-order valence-corrected chi connectivity index (χ4v) is 5.61. The predicted molar refractivity (Wildman–Crippen MR) is 123 cm³/mol. The highest BCUT2D eigenvalue weighted by molar-refractivity contribution is 7.81. The van der Waals surface area contributed by atoms with E-state index in [1.54, 1.807) is 16.1 Å². The lowest BCUT2D eigenvalue weighted by atomic mass is 10.2. The standard InChI is InChI=1S/C21H15PS3/c23-13-16-5-9-19(10-6-16)22(20-11-7-17(14-24)8-12-20)21-4-2-1-3-18(21)15-25/h1-15H. The van der Waals surface area contributed by atoms with Gasteiger partial charge in [0.2, 0.25) is 0 Å². The molecule has 4 heteroatoms. The topological polar surface area (TPSA) is 0 Å². The first-order valence-corrected chi connectivity index (χ1v) is 10.5. The van der Waals surface area contributed by atoms with E-state index in [2.05, 4.69) is 66.7 Å². The molecule has 0 spiro atoms. The van der Waals surface area contributed by atoms with Crippen LogP contribution in [0.4, 0.5) is 0 Å². The zero-order chi connectivity index (χ0) is 17.6. The average molecular weight is 395 g/mol. The molecule has 0 fully saturated rings. The smallest absolute Gasteiger partial charge is 0.00927 e. The largest absolute Gasteiger partial charge is 0.0881 e. The highest BCUT2D eigenvalue weighted by Gasteiger charge is 2.18. The second kappa shape index (κ2) is 8.64. The normalized spacial score (nSPS) is 10.4. The molecule has 0 unspecified atom stereocenters. The Balaban J connectivity index is 2.17. The third-order valence-electron chi connectivity index (χ3n) is 3.88. The van der Waals surface area contributed by atoms with Crippen molar-refractivity contribution in [2.45, 2.75) is 0 Å². The zero-order valence-corrected chi connectivity index (χ0v) is 16.7. The number of thiocarbonyl (C=S) groups is 3. The minimum absolute atomic E-state index is 0.701. The van der Waals surface area contributed by atoms with E-state index < -0.39 is 7.92 Å². The Bertz CT molecular complexity index is 848. The lowest BCUT2D eigenvalue weighted by Crippen LogP contribution is -2.23. The molecule has 0 atom stereocenters. The van der Waals surface area contributed by atoms with E-state index in [4.69, 9.17) is 36.7 Å². The molecule has 0 aliphatic carbocycles. The first-order chi connectivity index (χ1) is 12.3. The average Bonchev–Trinajstić information content (AvgIpc) is 2.69. The molecule has 0 N–H and O–H groups in total. The van der Waals surface area contributed by atoms with Crippen LogP contribution >= 0.6 is 44.6 Å². The van der Waals surface area contributed by atoms with E-state index in [9.17, 15) is 0 Å². The van der Waals surface area contributed by atoms with Crippen LogP contribution in [0, 0.1) is 0 Å². The Kier molecular flexibility index (Phi) is 6.28.